The predicted molar refractivity (Wildman–Crippen MR) is 169 cm³/mol. The molecule has 1 unspecified atom stereocenters. The van der Waals surface area contributed by atoms with Gasteiger partial charge in [-0.2, -0.15) is 0 Å². The minimum Gasteiger partial charge on any atom is -0.483 e. The third kappa shape index (κ3) is 11.8. The number of hydrogen-bond acceptors (Lipinski definition) is 6. The van der Waals surface area contributed by atoms with E-state index in [1.54, 1.807) is 12.1 Å². The molecule has 0 spiro atoms. The van der Waals surface area contributed by atoms with Gasteiger partial charge in [0.25, 0.3) is 17.7 Å². The Kier molecular flexibility index (Phi) is 17.3. The van der Waals surface area contributed by atoms with E-state index in [0.29, 0.717) is 25.1 Å². The van der Waals surface area contributed by atoms with Crippen LogP contribution < -0.4 is 15.4 Å². The number of carbonyl (C=O) groups excluding carboxylic acids is 4. The highest BCUT2D eigenvalue weighted by Gasteiger charge is 2.45. The third-order valence-corrected chi connectivity index (χ3v) is 7.58. The van der Waals surface area contributed by atoms with E-state index in [0.717, 1.165) is 43.8 Å². The predicted octanol–water partition coefficient (Wildman–Crippen LogP) is 6.31. The molecule has 1 saturated heterocycles. The number of piperidine rings is 1. The Morgan fingerprint density at radius 2 is 1.56 bits per heavy atom. The largest absolute Gasteiger partial charge is 0.483 e. The van der Waals surface area contributed by atoms with Crippen molar-refractivity contribution in [2.75, 3.05) is 26.4 Å². The van der Waals surface area contributed by atoms with Gasteiger partial charge in [0, 0.05) is 25.5 Å². The first-order valence-electron chi connectivity index (χ1n) is 16.4. The maximum atomic E-state index is 13.2. The fourth-order valence-electron chi connectivity index (χ4n) is 5.23. The molecule has 2 aliphatic heterocycles. The molecule has 0 aromatic heterocycles. The van der Waals surface area contributed by atoms with Gasteiger partial charge in [-0.25, -0.2) is 0 Å². The smallest absolute Gasteiger partial charge is 0.266 e. The zero-order chi connectivity index (χ0) is 31.5. The van der Waals surface area contributed by atoms with Crippen molar-refractivity contribution in [3.8, 4) is 5.75 Å². The number of hydrogen-bond donors (Lipinski definition) is 2. The number of fused-ring (bicyclic) bond motifs is 1. The Hall–Kier alpha value is -3.20. The van der Waals surface area contributed by atoms with E-state index >= 15 is 0 Å². The van der Waals surface area contributed by atoms with Crippen LogP contribution in [0.4, 0.5) is 0 Å². The van der Waals surface area contributed by atoms with E-state index < -0.39 is 23.8 Å². The fourth-order valence-corrected chi connectivity index (χ4v) is 5.23. The molecule has 2 aliphatic rings. The fraction of sp³-hybridized carbons (Fsp3) is 0.647. The molecule has 1 aromatic rings. The van der Waals surface area contributed by atoms with Crippen LogP contribution in [0.15, 0.2) is 30.5 Å². The van der Waals surface area contributed by atoms with E-state index in [9.17, 15) is 19.2 Å². The molecular weight excluding hydrogens is 546 g/mol. The van der Waals surface area contributed by atoms with Gasteiger partial charge in [0.15, 0.2) is 6.61 Å². The van der Waals surface area contributed by atoms with Gasteiger partial charge in [-0.05, 0) is 44.2 Å². The number of allylic oxidation sites excluding steroid dienone is 1. The van der Waals surface area contributed by atoms with E-state index in [1.807, 2.05) is 13.8 Å². The van der Waals surface area contributed by atoms with Crippen LogP contribution in [-0.4, -0.2) is 60.9 Å². The first kappa shape index (κ1) is 36.0. The van der Waals surface area contributed by atoms with Crippen molar-refractivity contribution in [2.24, 2.45) is 0 Å². The third-order valence-electron chi connectivity index (χ3n) is 7.58. The Balaban J connectivity index is 0.00000316. The number of imide groups is 1. The maximum absolute atomic E-state index is 13.2. The molecule has 1 fully saturated rings. The lowest BCUT2D eigenvalue weighted by molar-refractivity contribution is -0.125. The molecular formula is C34H53N3O6. The second-order valence-electron chi connectivity index (χ2n) is 10.9. The molecule has 0 radical (unpaired) electrons. The van der Waals surface area contributed by atoms with E-state index in [-0.39, 0.29) is 29.4 Å². The topological polar surface area (TPSA) is 114 Å². The second-order valence-corrected chi connectivity index (χ2v) is 10.9. The van der Waals surface area contributed by atoms with Crippen molar-refractivity contribution in [2.45, 2.75) is 117 Å². The summed E-state index contributed by atoms with van der Waals surface area (Å²) in [6.45, 7) is 12.0. The molecule has 9 heteroatoms. The number of rotatable bonds is 20. The molecule has 3 rings (SSSR count). The minimum atomic E-state index is -0.895. The first-order chi connectivity index (χ1) is 20.9. The van der Waals surface area contributed by atoms with Gasteiger partial charge in [-0.1, -0.05) is 91.2 Å². The van der Waals surface area contributed by atoms with Crippen LogP contribution in [0.2, 0.25) is 0 Å². The van der Waals surface area contributed by atoms with E-state index in [2.05, 4.69) is 24.1 Å². The molecule has 1 atom stereocenters. The Labute approximate surface area is 258 Å². The molecule has 0 saturated carbocycles. The summed E-state index contributed by atoms with van der Waals surface area (Å²) in [5.74, 6) is -1.66. The molecule has 2 heterocycles. The van der Waals surface area contributed by atoms with Gasteiger partial charge in [0.2, 0.25) is 5.91 Å². The number of carbonyl (C=O) groups is 4. The summed E-state index contributed by atoms with van der Waals surface area (Å²) < 4.78 is 11.4. The van der Waals surface area contributed by atoms with Crippen molar-refractivity contribution in [1.82, 2.24) is 15.5 Å². The number of ether oxygens (including phenoxy) is 2. The zero-order valence-electron chi connectivity index (χ0n) is 26.6. The molecule has 0 aliphatic carbocycles. The standard InChI is InChI=1S/C32H47N3O6.C2H6/c1-3-4-5-10-13-21-40-22-14-11-8-6-7-9-12-20-33-28(36)23-41-27-17-15-16-25-29(27)32(39)35(31(25)38)26-19-18-24(2)34-30(26)37;1-2/h15-17,26H,2-14,18-23H2,1H3,(H,33,36)(H,34,37);1-2H3. The lowest BCUT2D eigenvalue weighted by Gasteiger charge is -2.29. The van der Waals surface area contributed by atoms with Crippen molar-refractivity contribution >= 4 is 23.6 Å². The lowest BCUT2D eigenvalue weighted by Crippen LogP contribution is -2.51. The highest BCUT2D eigenvalue weighted by Crippen LogP contribution is 2.34. The Morgan fingerprint density at radius 1 is 0.930 bits per heavy atom. The van der Waals surface area contributed by atoms with Gasteiger partial charge >= 0.3 is 0 Å². The lowest BCUT2D eigenvalue weighted by atomic mass is 10.0. The molecule has 2 N–H and O–H groups in total. The first-order valence-corrected chi connectivity index (χ1v) is 16.4. The Bertz CT molecular complexity index is 1060. The van der Waals surface area contributed by atoms with Crippen LogP contribution >= 0.6 is 0 Å². The molecule has 43 heavy (non-hydrogen) atoms. The molecule has 240 valence electrons. The van der Waals surface area contributed by atoms with Gasteiger partial charge in [0.1, 0.15) is 11.8 Å². The number of nitrogens with one attached hydrogen (secondary N) is 2. The number of amides is 4. The van der Waals surface area contributed by atoms with Crippen molar-refractivity contribution < 1.29 is 28.7 Å². The number of unbranched alkanes of at least 4 members (excludes halogenated alkanes) is 10. The highest BCUT2D eigenvalue weighted by atomic mass is 16.5. The van der Waals surface area contributed by atoms with Crippen LogP contribution in [0.25, 0.3) is 0 Å². The molecule has 9 nitrogen and oxygen atoms in total. The van der Waals surface area contributed by atoms with Gasteiger partial charge in [-0.15, -0.1) is 0 Å². The van der Waals surface area contributed by atoms with Crippen LogP contribution in [0.5, 0.6) is 5.75 Å². The van der Waals surface area contributed by atoms with Crippen LogP contribution in [0.3, 0.4) is 0 Å². The highest BCUT2D eigenvalue weighted by molar-refractivity contribution is 6.24. The monoisotopic (exact) mass is 599 g/mol. The van der Waals surface area contributed by atoms with Crippen LogP contribution in [0, 0.1) is 0 Å². The summed E-state index contributed by atoms with van der Waals surface area (Å²) >= 11 is 0. The van der Waals surface area contributed by atoms with E-state index in [4.69, 9.17) is 9.47 Å². The van der Waals surface area contributed by atoms with Crippen molar-refractivity contribution in [3.05, 3.63) is 41.6 Å². The van der Waals surface area contributed by atoms with E-state index in [1.165, 1.54) is 57.4 Å². The van der Waals surface area contributed by atoms with Crippen molar-refractivity contribution in [1.29, 1.82) is 0 Å². The van der Waals surface area contributed by atoms with Gasteiger partial charge in [0.05, 0.1) is 11.1 Å². The summed E-state index contributed by atoms with van der Waals surface area (Å²) in [6.07, 6.45) is 15.0. The zero-order valence-corrected chi connectivity index (χ0v) is 26.6. The normalized spacial score (nSPS) is 16.0. The summed E-state index contributed by atoms with van der Waals surface area (Å²) in [4.78, 5) is 51.8. The molecule has 4 amide bonds. The van der Waals surface area contributed by atoms with Gasteiger partial charge in [-0.3, -0.25) is 24.1 Å². The summed E-state index contributed by atoms with van der Waals surface area (Å²) in [5, 5.41) is 5.47. The molecule has 0 bridgehead atoms. The maximum Gasteiger partial charge on any atom is 0.266 e. The average molecular weight is 600 g/mol. The minimum absolute atomic E-state index is 0.0940. The SMILES string of the molecule is C=C1CCC(N2C(=O)c3cccc(OCC(=O)NCCCCCCCCCOCCCCCCC)c3C2=O)C(=O)N1.CC. The van der Waals surface area contributed by atoms with Crippen molar-refractivity contribution in [3.63, 3.8) is 0 Å². The second kappa shape index (κ2) is 20.7. The summed E-state index contributed by atoms with van der Waals surface area (Å²) in [6, 6.07) is 3.80. The average Bonchev–Trinajstić information content (AvgIpc) is 3.26. The van der Waals surface area contributed by atoms with Crippen LogP contribution in [-0.2, 0) is 14.3 Å². The number of nitrogens with zero attached hydrogens (tertiary/aromatic N) is 1. The quantitative estimate of drug-likeness (QED) is 0.134. The Morgan fingerprint density at radius 3 is 2.21 bits per heavy atom. The summed E-state index contributed by atoms with van der Waals surface area (Å²) in [7, 11) is 0. The van der Waals surface area contributed by atoms with Gasteiger partial charge < -0.3 is 20.1 Å². The molecule has 1 aromatic carbocycles. The number of benzene rings is 1. The van der Waals surface area contributed by atoms with Crippen LogP contribution in [0.1, 0.15) is 131 Å². The summed E-state index contributed by atoms with van der Waals surface area (Å²) in [5.41, 5.74) is 0.838.